The van der Waals surface area contributed by atoms with Gasteiger partial charge in [0.05, 0.1) is 5.41 Å². The number of amides is 1. The Morgan fingerprint density at radius 2 is 1.95 bits per heavy atom. The Bertz CT molecular complexity index is 508. The van der Waals surface area contributed by atoms with Crippen LogP contribution in [0.4, 0.5) is 5.69 Å². The Balaban J connectivity index is 1.61. The highest BCUT2D eigenvalue weighted by Crippen LogP contribution is 2.46. The number of anilines is 1. The van der Waals surface area contributed by atoms with Crippen LogP contribution >= 0.6 is 11.6 Å². The van der Waals surface area contributed by atoms with Gasteiger partial charge in [-0.05, 0) is 31.0 Å². The van der Waals surface area contributed by atoms with Crippen LogP contribution in [0, 0.1) is 5.41 Å². The Labute approximate surface area is 124 Å². The van der Waals surface area contributed by atoms with Gasteiger partial charge in [0.15, 0.2) is 0 Å². The number of rotatable bonds is 3. The number of carbonyl (C=O) groups is 1. The summed E-state index contributed by atoms with van der Waals surface area (Å²) in [5.41, 5.74) is 6.64. The van der Waals surface area contributed by atoms with Crippen molar-refractivity contribution in [2.24, 2.45) is 11.1 Å². The average molecular weight is 294 g/mol. The van der Waals surface area contributed by atoms with Gasteiger partial charge in [-0.3, -0.25) is 4.79 Å². The summed E-state index contributed by atoms with van der Waals surface area (Å²) in [6, 6.07) is 7.87. The molecule has 0 atom stereocenters. The Morgan fingerprint density at radius 1 is 1.25 bits per heavy atom. The van der Waals surface area contributed by atoms with Gasteiger partial charge in [0.2, 0.25) is 5.91 Å². The number of nitrogens with zero attached hydrogens (tertiary/aromatic N) is 2. The van der Waals surface area contributed by atoms with Crippen molar-refractivity contribution >= 4 is 23.2 Å². The molecule has 0 bridgehead atoms. The lowest BCUT2D eigenvalue weighted by Gasteiger charge is -2.37. The molecule has 4 nitrogen and oxygen atoms in total. The third-order valence-corrected chi connectivity index (χ3v) is 4.67. The maximum absolute atomic E-state index is 12.4. The molecule has 0 radical (unpaired) electrons. The van der Waals surface area contributed by atoms with E-state index in [0.29, 0.717) is 6.54 Å². The molecule has 5 heteroatoms. The van der Waals surface area contributed by atoms with E-state index in [4.69, 9.17) is 17.3 Å². The minimum absolute atomic E-state index is 0.224. The van der Waals surface area contributed by atoms with Gasteiger partial charge in [-0.1, -0.05) is 17.7 Å². The van der Waals surface area contributed by atoms with Crippen LogP contribution in [-0.2, 0) is 4.79 Å². The first-order valence-electron chi connectivity index (χ1n) is 7.15. The second kappa shape index (κ2) is 5.26. The molecule has 3 rings (SSSR count). The minimum atomic E-state index is -0.224. The van der Waals surface area contributed by atoms with Gasteiger partial charge >= 0.3 is 0 Å². The van der Waals surface area contributed by atoms with Crippen LogP contribution in [0.5, 0.6) is 0 Å². The zero-order valence-corrected chi connectivity index (χ0v) is 12.3. The van der Waals surface area contributed by atoms with Gasteiger partial charge in [0.1, 0.15) is 0 Å². The molecule has 2 fully saturated rings. The van der Waals surface area contributed by atoms with Crippen molar-refractivity contribution in [3.63, 3.8) is 0 Å². The molecule has 1 amide bonds. The van der Waals surface area contributed by atoms with Crippen LogP contribution in [0.15, 0.2) is 24.3 Å². The maximum Gasteiger partial charge on any atom is 0.230 e. The first kappa shape index (κ1) is 13.7. The van der Waals surface area contributed by atoms with Crippen molar-refractivity contribution < 1.29 is 4.79 Å². The fourth-order valence-corrected chi connectivity index (χ4v) is 3.02. The van der Waals surface area contributed by atoms with Crippen LogP contribution in [-0.4, -0.2) is 43.5 Å². The minimum Gasteiger partial charge on any atom is -0.368 e. The Hall–Kier alpha value is -1.26. The van der Waals surface area contributed by atoms with Gasteiger partial charge in [0.25, 0.3) is 0 Å². The number of halogens is 1. The summed E-state index contributed by atoms with van der Waals surface area (Å²) in [4.78, 5) is 16.7. The zero-order chi connectivity index (χ0) is 14.2. The lowest BCUT2D eigenvalue weighted by Crippen LogP contribution is -2.51. The predicted octanol–water partition coefficient (Wildman–Crippen LogP) is 1.73. The summed E-state index contributed by atoms with van der Waals surface area (Å²) in [6.45, 7) is 3.74. The molecule has 1 aromatic rings. The molecule has 20 heavy (non-hydrogen) atoms. The smallest absolute Gasteiger partial charge is 0.230 e. The van der Waals surface area contributed by atoms with E-state index >= 15 is 0 Å². The van der Waals surface area contributed by atoms with Crippen LogP contribution in [0.25, 0.3) is 0 Å². The number of hydrogen-bond acceptors (Lipinski definition) is 3. The molecular weight excluding hydrogens is 274 g/mol. The molecule has 108 valence electrons. The van der Waals surface area contributed by atoms with E-state index in [9.17, 15) is 4.79 Å². The highest BCUT2D eigenvalue weighted by atomic mass is 35.5. The standard InChI is InChI=1S/C15H20ClN3O/c16-12-2-1-3-13(10-12)18-6-8-19(9-7-18)14(20)15(11-17)4-5-15/h1-3,10H,4-9,11,17H2. The topological polar surface area (TPSA) is 49.6 Å². The first-order chi connectivity index (χ1) is 9.64. The average Bonchev–Trinajstić information content (AvgIpc) is 3.28. The summed E-state index contributed by atoms with van der Waals surface area (Å²) < 4.78 is 0. The van der Waals surface area contributed by atoms with Crippen LogP contribution in [0.2, 0.25) is 5.02 Å². The number of benzene rings is 1. The van der Waals surface area contributed by atoms with Crippen molar-refractivity contribution in [1.82, 2.24) is 4.90 Å². The van der Waals surface area contributed by atoms with E-state index in [0.717, 1.165) is 49.7 Å². The number of carbonyl (C=O) groups excluding carboxylic acids is 1. The van der Waals surface area contributed by atoms with Crippen LogP contribution in [0.1, 0.15) is 12.8 Å². The number of nitrogens with two attached hydrogens (primary N) is 1. The highest BCUT2D eigenvalue weighted by molar-refractivity contribution is 6.30. The van der Waals surface area contributed by atoms with Crippen molar-refractivity contribution in [2.75, 3.05) is 37.6 Å². The monoisotopic (exact) mass is 293 g/mol. The summed E-state index contributed by atoms with van der Waals surface area (Å²) in [7, 11) is 0. The summed E-state index contributed by atoms with van der Waals surface area (Å²) >= 11 is 6.03. The molecule has 1 aliphatic carbocycles. The second-order valence-electron chi connectivity index (χ2n) is 5.74. The normalized spacial score (nSPS) is 20.9. The van der Waals surface area contributed by atoms with Crippen molar-refractivity contribution in [2.45, 2.75) is 12.8 Å². The molecule has 0 unspecified atom stereocenters. The Morgan fingerprint density at radius 3 is 2.50 bits per heavy atom. The highest BCUT2D eigenvalue weighted by Gasteiger charge is 2.50. The molecule has 1 saturated carbocycles. The van der Waals surface area contributed by atoms with Crippen molar-refractivity contribution in [3.05, 3.63) is 29.3 Å². The van der Waals surface area contributed by atoms with Gasteiger partial charge in [-0.15, -0.1) is 0 Å². The van der Waals surface area contributed by atoms with Crippen LogP contribution in [0.3, 0.4) is 0 Å². The molecule has 2 N–H and O–H groups in total. The number of hydrogen-bond donors (Lipinski definition) is 1. The van der Waals surface area contributed by atoms with E-state index in [1.165, 1.54) is 0 Å². The van der Waals surface area contributed by atoms with Crippen molar-refractivity contribution in [3.8, 4) is 0 Å². The maximum atomic E-state index is 12.4. The van der Waals surface area contributed by atoms with E-state index in [2.05, 4.69) is 11.0 Å². The quantitative estimate of drug-likeness (QED) is 0.923. The van der Waals surface area contributed by atoms with E-state index in [1.807, 2.05) is 23.1 Å². The second-order valence-corrected chi connectivity index (χ2v) is 6.18. The van der Waals surface area contributed by atoms with Gasteiger partial charge in [-0.2, -0.15) is 0 Å². The van der Waals surface area contributed by atoms with Crippen molar-refractivity contribution in [1.29, 1.82) is 0 Å². The molecule has 1 saturated heterocycles. The lowest BCUT2D eigenvalue weighted by atomic mass is 10.1. The first-order valence-corrected chi connectivity index (χ1v) is 7.52. The van der Waals surface area contributed by atoms with Gasteiger partial charge in [0, 0.05) is 43.4 Å². The third-order valence-electron chi connectivity index (χ3n) is 4.44. The van der Waals surface area contributed by atoms with Gasteiger partial charge in [-0.25, -0.2) is 0 Å². The van der Waals surface area contributed by atoms with E-state index < -0.39 is 0 Å². The lowest BCUT2D eigenvalue weighted by molar-refractivity contribution is -0.136. The molecule has 1 heterocycles. The van der Waals surface area contributed by atoms with E-state index in [1.54, 1.807) is 0 Å². The molecule has 1 aromatic carbocycles. The molecular formula is C15H20ClN3O. The van der Waals surface area contributed by atoms with Crippen LogP contribution < -0.4 is 10.6 Å². The molecule has 0 aromatic heterocycles. The Kier molecular flexibility index (Phi) is 3.61. The molecule has 0 spiro atoms. The van der Waals surface area contributed by atoms with Gasteiger partial charge < -0.3 is 15.5 Å². The third kappa shape index (κ3) is 2.50. The summed E-state index contributed by atoms with van der Waals surface area (Å²) in [6.07, 6.45) is 1.91. The largest absolute Gasteiger partial charge is 0.368 e. The summed E-state index contributed by atoms with van der Waals surface area (Å²) in [5, 5.41) is 0.751. The SMILES string of the molecule is NCC1(C(=O)N2CCN(c3cccc(Cl)c3)CC2)CC1. The van der Waals surface area contributed by atoms with E-state index in [-0.39, 0.29) is 11.3 Å². The summed E-state index contributed by atoms with van der Waals surface area (Å²) in [5.74, 6) is 0.255. The zero-order valence-electron chi connectivity index (χ0n) is 11.5. The fourth-order valence-electron chi connectivity index (χ4n) is 2.83. The predicted molar refractivity (Wildman–Crippen MR) is 81.0 cm³/mol. The molecule has 2 aliphatic rings. The number of piperazine rings is 1. The molecule has 1 aliphatic heterocycles. The fraction of sp³-hybridized carbons (Fsp3) is 0.533.